The van der Waals surface area contributed by atoms with E-state index in [1.165, 1.54) is 41.7 Å². The molecule has 3 aromatic heterocycles. The normalized spacial score (nSPS) is 19.2. The van der Waals surface area contributed by atoms with Crippen LogP contribution in [-0.2, 0) is 22.3 Å². The van der Waals surface area contributed by atoms with E-state index in [2.05, 4.69) is 30.4 Å². The number of amides is 4. The lowest BCUT2D eigenvalue weighted by atomic mass is 10.1. The number of hydrogen-bond acceptors (Lipinski definition) is 11. The van der Waals surface area contributed by atoms with Crippen molar-refractivity contribution in [2.24, 2.45) is 4.99 Å². The van der Waals surface area contributed by atoms with Crippen molar-refractivity contribution >= 4 is 41.3 Å². The summed E-state index contributed by atoms with van der Waals surface area (Å²) in [7, 11) is 1.49. The average molecular weight is 564 g/mol. The molecule has 1 saturated heterocycles. The van der Waals surface area contributed by atoms with Gasteiger partial charge in [-0.15, -0.1) is 11.3 Å². The molecule has 2 atom stereocenters. The molecule has 2 aliphatic heterocycles. The summed E-state index contributed by atoms with van der Waals surface area (Å²) in [5.41, 5.74) is -0.865. The fourth-order valence-corrected chi connectivity index (χ4v) is 4.93. The molecule has 5 heterocycles. The quantitative estimate of drug-likeness (QED) is 0.477. The van der Waals surface area contributed by atoms with Crippen molar-refractivity contribution in [2.45, 2.75) is 38.8 Å². The standard InChI is InChI=1S/C22H20F3N9O4S/c1-10-13(22(23,24)25)4-12(5-26-10)19-30-15(8-39-19)29-16(35)7-33-9-27-18-17(33)20(36)34(21(37)32(18)3)6-14-28-11(2)38-31-14/h4-5,8-9,17-18H,6-7H2,1-3H3,(H,29,35). The third-order valence-corrected chi connectivity index (χ3v) is 6.95. The van der Waals surface area contributed by atoms with Crippen molar-refractivity contribution in [2.75, 3.05) is 18.9 Å². The molecule has 0 spiro atoms. The smallest absolute Gasteiger partial charge is 0.340 e. The first-order valence-electron chi connectivity index (χ1n) is 11.4. The highest BCUT2D eigenvalue weighted by Crippen LogP contribution is 2.35. The zero-order chi connectivity index (χ0) is 28.1. The van der Waals surface area contributed by atoms with Gasteiger partial charge in [0.05, 0.1) is 25.0 Å². The summed E-state index contributed by atoms with van der Waals surface area (Å²) < 4.78 is 44.7. The lowest BCUT2D eigenvalue weighted by Crippen LogP contribution is -2.64. The zero-order valence-electron chi connectivity index (χ0n) is 20.6. The molecule has 0 radical (unpaired) electrons. The van der Waals surface area contributed by atoms with Crippen molar-refractivity contribution in [3.05, 3.63) is 40.6 Å². The number of thiazole rings is 1. The minimum absolute atomic E-state index is 0.123. The van der Waals surface area contributed by atoms with Crippen molar-refractivity contribution < 1.29 is 32.1 Å². The Balaban J connectivity index is 1.27. The Morgan fingerprint density at radius 1 is 1.23 bits per heavy atom. The number of aromatic nitrogens is 4. The predicted molar refractivity (Wildman–Crippen MR) is 129 cm³/mol. The largest absolute Gasteiger partial charge is 0.418 e. The van der Waals surface area contributed by atoms with E-state index in [0.717, 1.165) is 22.3 Å². The maximum absolute atomic E-state index is 13.3. The van der Waals surface area contributed by atoms with Crippen LogP contribution in [0.25, 0.3) is 10.6 Å². The summed E-state index contributed by atoms with van der Waals surface area (Å²) in [5, 5.41) is 8.02. The predicted octanol–water partition coefficient (Wildman–Crippen LogP) is 2.30. The molecule has 0 aromatic carbocycles. The van der Waals surface area contributed by atoms with Crippen LogP contribution in [0.5, 0.6) is 0 Å². The number of nitrogens with one attached hydrogen (secondary N) is 1. The number of carbonyl (C=O) groups excluding carboxylic acids is 3. The van der Waals surface area contributed by atoms with Crippen LogP contribution in [0.15, 0.2) is 27.2 Å². The van der Waals surface area contributed by atoms with Gasteiger partial charge < -0.3 is 19.6 Å². The van der Waals surface area contributed by atoms with Gasteiger partial charge in [0, 0.05) is 36.8 Å². The molecule has 0 bridgehead atoms. The highest BCUT2D eigenvalue weighted by atomic mass is 32.1. The maximum Gasteiger partial charge on any atom is 0.418 e. The Hall–Kier alpha value is -4.41. The minimum atomic E-state index is -4.56. The van der Waals surface area contributed by atoms with Gasteiger partial charge in [0.1, 0.15) is 10.8 Å². The molecule has 0 saturated carbocycles. The molecule has 13 nitrogen and oxygen atoms in total. The molecule has 1 N–H and O–H groups in total. The van der Waals surface area contributed by atoms with Crippen LogP contribution < -0.4 is 5.32 Å². The number of hydrogen-bond donors (Lipinski definition) is 1. The molecule has 1 fully saturated rings. The van der Waals surface area contributed by atoms with E-state index in [1.54, 1.807) is 6.92 Å². The average Bonchev–Trinajstić information content (AvgIpc) is 3.60. The highest BCUT2D eigenvalue weighted by molar-refractivity contribution is 7.13. The lowest BCUT2D eigenvalue weighted by Gasteiger charge is -2.40. The van der Waals surface area contributed by atoms with E-state index in [4.69, 9.17) is 4.52 Å². The molecular formula is C22H20F3N9O4S. The Bertz CT molecular complexity index is 1490. The topological polar surface area (TPSA) is 150 Å². The second-order valence-corrected chi connectivity index (χ2v) is 9.64. The Labute approximate surface area is 222 Å². The molecule has 0 aliphatic carbocycles. The van der Waals surface area contributed by atoms with E-state index in [0.29, 0.717) is 0 Å². The van der Waals surface area contributed by atoms with E-state index in [9.17, 15) is 27.6 Å². The number of carbonyl (C=O) groups is 3. The molecule has 2 aliphatic rings. The van der Waals surface area contributed by atoms with Crippen LogP contribution >= 0.6 is 11.3 Å². The van der Waals surface area contributed by atoms with Crippen LogP contribution in [0.4, 0.5) is 23.8 Å². The Morgan fingerprint density at radius 2 is 2.00 bits per heavy atom. The third kappa shape index (κ3) is 5.04. The summed E-state index contributed by atoms with van der Waals surface area (Å²) in [6.07, 6.45) is -2.79. The Kier molecular flexibility index (Phi) is 6.53. The van der Waals surface area contributed by atoms with Gasteiger partial charge in [-0.3, -0.25) is 19.5 Å². The van der Waals surface area contributed by atoms with Gasteiger partial charge in [-0.2, -0.15) is 18.2 Å². The number of pyridine rings is 1. The molecule has 39 heavy (non-hydrogen) atoms. The van der Waals surface area contributed by atoms with E-state index < -0.39 is 41.8 Å². The molecular weight excluding hydrogens is 543 g/mol. The second kappa shape index (κ2) is 9.72. The SMILES string of the molecule is Cc1nc(CN2C(=O)C3C(N=CN3CC(=O)Nc3csc(-c4cnc(C)c(C(F)(F)F)c4)n3)N(C)C2=O)no1. The van der Waals surface area contributed by atoms with E-state index >= 15 is 0 Å². The fraction of sp³-hybridized carbons (Fsp3) is 0.364. The summed E-state index contributed by atoms with van der Waals surface area (Å²) in [5.74, 6) is -0.586. The number of aliphatic imine (C=N–C) groups is 1. The molecule has 4 amide bonds. The van der Waals surface area contributed by atoms with Crippen molar-refractivity contribution in [3.63, 3.8) is 0 Å². The summed E-state index contributed by atoms with van der Waals surface area (Å²) >= 11 is 1.04. The number of anilines is 1. The van der Waals surface area contributed by atoms with Gasteiger partial charge in [0.25, 0.3) is 5.91 Å². The molecule has 17 heteroatoms. The number of urea groups is 1. The first-order valence-corrected chi connectivity index (χ1v) is 12.3. The van der Waals surface area contributed by atoms with Gasteiger partial charge in [-0.25, -0.2) is 14.8 Å². The maximum atomic E-state index is 13.3. The van der Waals surface area contributed by atoms with Crippen molar-refractivity contribution in [1.29, 1.82) is 0 Å². The number of aryl methyl sites for hydroxylation is 2. The van der Waals surface area contributed by atoms with Crippen molar-refractivity contribution in [3.8, 4) is 10.6 Å². The minimum Gasteiger partial charge on any atom is -0.340 e. The number of fused-ring (bicyclic) bond motifs is 1. The van der Waals surface area contributed by atoms with Gasteiger partial charge >= 0.3 is 12.2 Å². The summed E-state index contributed by atoms with van der Waals surface area (Å²) in [4.78, 5) is 58.7. The highest BCUT2D eigenvalue weighted by Gasteiger charge is 2.50. The van der Waals surface area contributed by atoms with Crippen molar-refractivity contribution in [1.82, 2.24) is 34.8 Å². The van der Waals surface area contributed by atoms with Crippen LogP contribution in [-0.4, -0.2) is 84.8 Å². The number of nitrogens with zero attached hydrogens (tertiary/aromatic N) is 8. The molecule has 204 valence electrons. The summed E-state index contributed by atoms with van der Waals surface area (Å²) in [6, 6.07) is -0.597. The summed E-state index contributed by atoms with van der Waals surface area (Å²) in [6.45, 7) is 2.33. The number of likely N-dealkylation sites (N-methyl/N-ethyl adjacent to an activating group) is 1. The van der Waals surface area contributed by atoms with E-state index in [-0.39, 0.29) is 46.9 Å². The lowest BCUT2D eigenvalue weighted by molar-refractivity contribution is -0.139. The van der Waals surface area contributed by atoms with Crippen LogP contribution in [0.3, 0.4) is 0 Å². The van der Waals surface area contributed by atoms with Gasteiger partial charge in [0.15, 0.2) is 18.0 Å². The Morgan fingerprint density at radius 3 is 2.69 bits per heavy atom. The number of alkyl halides is 3. The zero-order valence-corrected chi connectivity index (χ0v) is 21.4. The number of imide groups is 1. The van der Waals surface area contributed by atoms with Crippen LogP contribution in [0.1, 0.15) is 23.0 Å². The molecule has 5 rings (SSSR count). The van der Waals surface area contributed by atoms with E-state index in [1.807, 2.05) is 0 Å². The first kappa shape index (κ1) is 26.2. The van der Waals surface area contributed by atoms with Crippen LogP contribution in [0, 0.1) is 13.8 Å². The monoisotopic (exact) mass is 563 g/mol. The number of rotatable bonds is 6. The second-order valence-electron chi connectivity index (χ2n) is 8.78. The van der Waals surface area contributed by atoms with Gasteiger partial charge in [0.2, 0.25) is 11.8 Å². The van der Waals surface area contributed by atoms with Crippen LogP contribution in [0.2, 0.25) is 0 Å². The first-order chi connectivity index (χ1) is 18.4. The molecule has 2 unspecified atom stereocenters. The number of halogens is 3. The van der Waals surface area contributed by atoms with Gasteiger partial charge in [-0.1, -0.05) is 5.16 Å². The third-order valence-electron chi connectivity index (χ3n) is 6.06. The fourth-order valence-electron chi connectivity index (χ4n) is 4.20. The van der Waals surface area contributed by atoms with Gasteiger partial charge in [-0.05, 0) is 13.0 Å². The molecule has 3 aromatic rings.